The van der Waals surface area contributed by atoms with Crippen molar-refractivity contribution in [3.63, 3.8) is 0 Å². The molecule has 0 saturated carbocycles. The molecule has 2 N–H and O–H groups in total. The molecule has 6 nitrogen and oxygen atoms in total. The molecule has 0 radical (unpaired) electrons. The van der Waals surface area contributed by atoms with Gasteiger partial charge in [-0.3, -0.25) is 4.99 Å². The maximum atomic E-state index is 5.78. The highest BCUT2D eigenvalue weighted by Gasteiger charge is 2.02. The topological polar surface area (TPSA) is 71.4 Å². The number of hydrogen-bond acceptors (Lipinski definition) is 4. The van der Waals surface area contributed by atoms with Crippen molar-refractivity contribution in [2.75, 3.05) is 13.6 Å². The lowest BCUT2D eigenvalue weighted by Crippen LogP contribution is -2.37. The summed E-state index contributed by atoms with van der Waals surface area (Å²) in [6.07, 6.45) is 4.55. The first-order chi connectivity index (χ1) is 12.1. The Labute approximate surface area is 153 Å². The van der Waals surface area contributed by atoms with Gasteiger partial charge in [-0.2, -0.15) is 0 Å². The van der Waals surface area contributed by atoms with Crippen LogP contribution in [0, 0.1) is 0 Å². The fourth-order valence-corrected chi connectivity index (χ4v) is 2.22. The van der Waals surface area contributed by atoms with Crippen LogP contribution in [0.25, 0.3) is 0 Å². The van der Waals surface area contributed by atoms with Crippen LogP contribution in [-0.4, -0.2) is 35.6 Å². The SMILES string of the molecule is CN=C(NCCc1ccc(Cl)nc1)NCc1ccc(OC(C)C)nc1. The normalized spacial score (nSPS) is 11.5. The van der Waals surface area contributed by atoms with Gasteiger partial charge >= 0.3 is 0 Å². The molecule has 25 heavy (non-hydrogen) atoms. The number of aromatic nitrogens is 2. The number of guanidine groups is 1. The van der Waals surface area contributed by atoms with Crippen LogP contribution >= 0.6 is 11.6 Å². The molecule has 2 rings (SSSR count). The number of aliphatic imine (C=N–C) groups is 1. The van der Waals surface area contributed by atoms with E-state index >= 15 is 0 Å². The summed E-state index contributed by atoms with van der Waals surface area (Å²) in [6, 6.07) is 7.63. The molecule has 0 aliphatic carbocycles. The molecule has 0 aromatic carbocycles. The van der Waals surface area contributed by atoms with Gasteiger partial charge in [-0.15, -0.1) is 0 Å². The molecule has 2 aromatic heterocycles. The van der Waals surface area contributed by atoms with Crippen molar-refractivity contribution in [1.29, 1.82) is 0 Å². The van der Waals surface area contributed by atoms with Crippen molar-refractivity contribution in [3.8, 4) is 5.88 Å². The number of hydrogen-bond donors (Lipinski definition) is 2. The molecule has 0 atom stereocenters. The van der Waals surface area contributed by atoms with E-state index in [9.17, 15) is 0 Å². The minimum Gasteiger partial charge on any atom is -0.475 e. The second-order valence-electron chi connectivity index (χ2n) is 5.76. The van der Waals surface area contributed by atoms with Crippen LogP contribution < -0.4 is 15.4 Å². The van der Waals surface area contributed by atoms with E-state index in [1.54, 1.807) is 25.5 Å². The number of nitrogens with zero attached hydrogens (tertiary/aromatic N) is 3. The number of rotatable bonds is 7. The van der Waals surface area contributed by atoms with Gasteiger partial charge in [0.05, 0.1) is 6.10 Å². The van der Waals surface area contributed by atoms with E-state index in [1.807, 2.05) is 32.0 Å². The summed E-state index contributed by atoms with van der Waals surface area (Å²) in [5.41, 5.74) is 2.18. The Balaban J connectivity index is 1.75. The van der Waals surface area contributed by atoms with Gasteiger partial charge in [0, 0.05) is 38.6 Å². The molecule has 0 spiro atoms. The van der Waals surface area contributed by atoms with E-state index in [4.69, 9.17) is 16.3 Å². The zero-order valence-corrected chi connectivity index (χ0v) is 15.5. The minimum atomic E-state index is 0.121. The third kappa shape index (κ3) is 6.97. The molecule has 2 heterocycles. The van der Waals surface area contributed by atoms with Gasteiger partial charge in [-0.1, -0.05) is 23.7 Å². The van der Waals surface area contributed by atoms with Crippen molar-refractivity contribution >= 4 is 17.6 Å². The average Bonchev–Trinajstić information content (AvgIpc) is 2.60. The first-order valence-corrected chi connectivity index (χ1v) is 8.61. The molecule has 0 bridgehead atoms. The van der Waals surface area contributed by atoms with E-state index < -0.39 is 0 Å². The van der Waals surface area contributed by atoms with Gasteiger partial charge in [0.15, 0.2) is 5.96 Å². The lowest BCUT2D eigenvalue weighted by molar-refractivity contribution is 0.232. The van der Waals surface area contributed by atoms with Crippen molar-refractivity contribution < 1.29 is 4.74 Å². The number of ether oxygens (including phenoxy) is 1. The standard InChI is InChI=1S/C18H24ClN5O/c1-13(2)25-17-7-5-15(11-23-17)12-24-18(20-3)21-9-8-14-4-6-16(19)22-10-14/h4-7,10-11,13H,8-9,12H2,1-3H3,(H2,20,21,24). The van der Waals surface area contributed by atoms with E-state index in [2.05, 4.69) is 25.6 Å². The zero-order valence-electron chi connectivity index (χ0n) is 14.8. The predicted molar refractivity (Wildman–Crippen MR) is 101 cm³/mol. The molecular formula is C18H24ClN5O. The summed E-state index contributed by atoms with van der Waals surface area (Å²) >= 11 is 5.78. The fourth-order valence-electron chi connectivity index (χ4n) is 2.11. The summed E-state index contributed by atoms with van der Waals surface area (Å²) in [7, 11) is 1.75. The van der Waals surface area contributed by atoms with Crippen LogP contribution in [0.1, 0.15) is 25.0 Å². The van der Waals surface area contributed by atoms with Gasteiger partial charge in [0.25, 0.3) is 0 Å². The average molecular weight is 362 g/mol. The Bertz CT molecular complexity index is 671. The quantitative estimate of drug-likeness (QED) is 0.451. The number of pyridine rings is 2. The molecule has 0 unspecified atom stereocenters. The van der Waals surface area contributed by atoms with Crippen LogP contribution in [-0.2, 0) is 13.0 Å². The molecular weight excluding hydrogens is 338 g/mol. The third-order valence-corrected chi connectivity index (χ3v) is 3.56. The summed E-state index contributed by atoms with van der Waals surface area (Å²) in [6.45, 7) is 5.35. The maximum absolute atomic E-state index is 5.78. The number of halogens is 1. The van der Waals surface area contributed by atoms with Crippen molar-refractivity contribution in [3.05, 3.63) is 52.9 Å². The highest BCUT2D eigenvalue weighted by Crippen LogP contribution is 2.09. The van der Waals surface area contributed by atoms with Gasteiger partial charge in [-0.05, 0) is 37.5 Å². The lowest BCUT2D eigenvalue weighted by Gasteiger charge is -2.12. The zero-order chi connectivity index (χ0) is 18.1. The van der Waals surface area contributed by atoms with Gasteiger partial charge in [0.1, 0.15) is 5.15 Å². The largest absolute Gasteiger partial charge is 0.475 e. The Morgan fingerprint density at radius 2 is 1.88 bits per heavy atom. The van der Waals surface area contributed by atoms with Crippen LogP contribution in [0.15, 0.2) is 41.7 Å². The molecule has 0 aliphatic rings. The fraction of sp³-hybridized carbons (Fsp3) is 0.389. The molecule has 2 aromatic rings. The van der Waals surface area contributed by atoms with Crippen LogP contribution in [0.5, 0.6) is 5.88 Å². The maximum Gasteiger partial charge on any atom is 0.213 e. The summed E-state index contributed by atoms with van der Waals surface area (Å²) < 4.78 is 5.54. The first-order valence-electron chi connectivity index (χ1n) is 8.23. The van der Waals surface area contributed by atoms with Crippen molar-refractivity contribution in [1.82, 2.24) is 20.6 Å². The Morgan fingerprint density at radius 3 is 2.48 bits per heavy atom. The summed E-state index contributed by atoms with van der Waals surface area (Å²) in [5.74, 6) is 1.38. The third-order valence-electron chi connectivity index (χ3n) is 3.33. The van der Waals surface area contributed by atoms with Gasteiger partial charge in [0.2, 0.25) is 5.88 Å². The summed E-state index contributed by atoms with van der Waals surface area (Å²) in [5, 5.41) is 7.04. The van der Waals surface area contributed by atoms with E-state index in [1.165, 1.54) is 0 Å². The van der Waals surface area contributed by atoms with Crippen molar-refractivity contribution in [2.45, 2.75) is 32.9 Å². The lowest BCUT2D eigenvalue weighted by atomic mass is 10.2. The van der Waals surface area contributed by atoms with Gasteiger partial charge < -0.3 is 15.4 Å². The van der Waals surface area contributed by atoms with Crippen molar-refractivity contribution in [2.24, 2.45) is 4.99 Å². The molecule has 7 heteroatoms. The second kappa shape index (κ2) is 9.84. The molecule has 0 aliphatic heterocycles. The smallest absolute Gasteiger partial charge is 0.213 e. The highest BCUT2D eigenvalue weighted by molar-refractivity contribution is 6.29. The molecule has 0 fully saturated rings. The van der Waals surface area contributed by atoms with Gasteiger partial charge in [-0.25, -0.2) is 9.97 Å². The molecule has 134 valence electrons. The monoisotopic (exact) mass is 361 g/mol. The minimum absolute atomic E-state index is 0.121. The number of nitrogens with one attached hydrogen (secondary N) is 2. The Hall–Kier alpha value is -2.34. The Kier molecular flexibility index (Phi) is 7.47. The molecule has 0 amide bonds. The van der Waals surface area contributed by atoms with Crippen LogP contribution in [0.4, 0.5) is 0 Å². The summed E-state index contributed by atoms with van der Waals surface area (Å²) in [4.78, 5) is 12.6. The predicted octanol–water partition coefficient (Wildman–Crippen LogP) is 2.82. The second-order valence-corrected chi connectivity index (χ2v) is 6.15. The highest BCUT2D eigenvalue weighted by atomic mass is 35.5. The van der Waals surface area contributed by atoms with Crippen LogP contribution in [0.3, 0.4) is 0 Å². The Morgan fingerprint density at radius 1 is 1.12 bits per heavy atom. The van der Waals surface area contributed by atoms with E-state index in [-0.39, 0.29) is 6.10 Å². The first kappa shape index (κ1) is 19.0. The van der Waals surface area contributed by atoms with E-state index in [0.717, 1.165) is 30.1 Å². The van der Waals surface area contributed by atoms with Crippen LogP contribution in [0.2, 0.25) is 5.15 Å². The molecule has 0 saturated heterocycles. The van der Waals surface area contributed by atoms with E-state index in [0.29, 0.717) is 17.6 Å².